The second kappa shape index (κ2) is 8.46. The summed E-state index contributed by atoms with van der Waals surface area (Å²) in [6.45, 7) is 0. The Morgan fingerprint density at radius 3 is 1.52 bits per heavy atom. The molecule has 7 N–H and O–H groups in total. The summed E-state index contributed by atoms with van der Waals surface area (Å²) in [7, 11) is -3.67. The predicted molar refractivity (Wildman–Crippen MR) is 121 cm³/mol. The van der Waals surface area contributed by atoms with Crippen LogP contribution < -0.4 is 11.5 Å². The second-order valence-corrected chi connectivity index (χ2v) is 8.16. The summed E-state index contributed by atoms with van der Waals surface area (Å²) in [5.74, 6) is 1.39. The number of hydrogen-bond acceptors (Lipinski definition) is 6. The smallest absolute Gasteiger partial charge is 0.261 e. The van der Waals surface area contributed by atoms with Gasteiger partial charge in [0.15, 0.2) is 0 Å². The minimum Gasteiger partial charge on any atom is -0.457 e. The van der Waals surface area contributed by atoms with Crippen molar-refractivity contribution in [2.24, 2.45) is 11.5 Å². The molecule has 0 radical (unpaired) electrons. The summed E-state index contributed by atoms with van der Waals surface area (Å²) in [5, 5.41) is 16.8. The van der Waals surface area contributed by atoms with Gasteiger partial charge in [-0.25, -0.2) is 0 Å². The standard InChI is InChI=1S/C20H16N4O2.CH4O3S/c21-19(22)11-1-5-17-13(7-11)9-15(25-17)3-4-16-10-14-8-12(20(23)24)2-6-18(14)26-16;1-5(2,3)4/h1-10H,(H3,21,22)(H3,23,24);1H3,(H,2,3,4)/b4-3+;. The summed E-state index contributed by atoms with van der Waals surface area (Å²) < 4.78 is 37.4. The highest BCUT2D eigenvalue weighted by Gasteiger charge is 2.06. The molecular weight excluding hydrogens is 420 g/mol. The van der Waals surface area contributed by atoms with Crippen molar-refractivity contribution in [3.8, 4) is 0 Å². The molecular formula is C21H20N4O5S. The van der Waals surface area contributed by atoms with Gasteiger partial charge in [0.05, 0.1) is 6.26 Å². The summed E-state index contributed by atoms with van der Waals surface area (Å²) in [4.78, 5) is 0. The second-order valence-electron chi connectivity index (χ2n) is 6.70. The molecule has 2 aromatic carbocycles. The van der Waals surface area contributed by atoms with E-state index in [1.54, 1.807) is 24.3 Å². The first-order valence-electron chi connectivity index (χ1n) is 8.86. The van der Waals surface area contributed by atoms with Gasteiger partial charge in [0.25, 0.3) is 10.1 Å². The van der Waals surface area contributed by atoms with Crippen molar-refractivity contribution in [1.29, 1.82) is 10.8 Å². The minimum absolute atomic E-state index is 0.0254. The van der Waals surface area contributed by atoms with E-state index in [1.165, 1.54) is 0 Å². The van der Waals surface area contributed by atoms with Crippen LogP contribution in [0.5, 0.6) is 0 Å². The van der Waals surface area contributed by atoms with Crippen molar-refractivity contribution < 1.29 is 21.8 Å². The number of furan rings is 2. The molecule has 0 saturated heterocycles. The Kier molecular flexibility index (Phi) is 5.95. The van der Waals surface area contributed by atoms with Crippen LogP contribution in [0, 0.1) is 10.8 Å². The molecule has 2 heterocycles. The molecule has 0 unspecified atom stereocenters. The molecule has 9 nitrogen and oxygen atoms in total. The van der Waals surface area contributed by atoms with Gasteiger partial charge in [-0.1, -0.05) is 0 Å². The van der Waals surface area contributed by atoms with E-state index in [9.17, 15) is 8.42 Å². The van der Waals surface area contributed by atoms with Gasteiger partial charge in [-0.3, -0.25) is 15.4 Å². The van der Waals surface area contributed by atoms with Gasteiger partial charge < -0.3 is 20.3 Å². The fraction of sp³-hybridized carbons (Fsp3) is 0.0476. The number of nitrogens with one attached hydrogen (secondary N) is 2. The van der Waals surface area contributed by atoms with E-state index >= 15 is 0 Å². The van der Waals surface area contributed by atoms with Crippen molar-refractivity contribution in [3.63, 3.8) is 0 Å². The Bertz CT molecular complexity index is 1330. The van der Waals surface area contributed by atoms with E-state index < -0.39 is 10.1 Å². The third kappa shape index (κ3) is 5.81. The van der Waals surface area contributed by atoms with Crippen molar-refractivity contribution in [3.05, 3.63) is 71.2 Å². The van der Waals surface area contributed by atoms with Crippen molar-refractivity contribution in [2.45, 2.75) is 0 Å². The zero-order chi connectivity index (χ0) is 22.8. The number of fused-ring (bicyclic) bond motifs is 2. The van der Waals surface area contributed by atoms with Gasteiger partial charge in [-0.15, -0.1) is 0 Å². The summed E-state index contributed by atoms with van der Waals surface area (Å²) in [6, 6.07) is 14.5. The first-order chi connectivity index (χ1) is 14.5. The van der Waals surface area contributed by atoms with Crippen LogP contribution in [0.4, 0.5) is 0 Å². The predicted octanol–water partition coefficient (Wildman–Crippen LogP) is 3.42. The SMILES string of the molecule is CS(=O)(=O)O.N=C(N)c1ccc2oc(/C=C/c3cc4cc(C(=N)N)ccc4o3)cc2c1. The average molecular weight is 440 g/mol. The molecule has 0 spiro atoms. The number of nitrogens with two attached hydrogens (primary N) is 2. The average Bonchev–Trinajstić information content (AvgIpc) is 3.26. The largest absolute Gasteiger partial charge is 0.457 e. The minimum atomic E-state index is -3.67. The van der Waals surface area contributed by atoms with E-state index in [0.717, 1.165) is 21.9 Å². The first-order valence-corrected chi connectivity index (χ1v) is 10.7. The Hall–Kier alpha value is -3.89. The van der Waals surface area contributed by atoms with Crippen LogP contribution >= 0.6 is 0 Å². The molecule has 0 atom stereocenters. The van der Waals surface area contributed by atoms with Crippen molar-refractivity contribution in [2.75, 3.05) is 6.26 Å². The van der Waals surface area contributed by atoms with Gasteiger partial charge in [0.2, 0.25) is 0 Å². The highest BCUT2D eigenvalue weighted by molar-refractivity contribution is 7.85. The zero-order valence-electron chi connectivity index (χ0n) is 16.4. The van der Waals surface area contributed by atoms with Gasteiger partial charge in [0, 0.05) is 21.9 Å². The quantitative estimate of drug-likeness (QED) is 0.183. The number of rotatable bonds is 4. The zero-order valence-corrected chi connectivity index (χ0v) is 17.2. The molecule has 0 amide bonds. The van der Waals surface area contributed by atoms with E-state index in [4.69, 9.17) is 35.7 Å². The summed E-state index contributed by atoms with van der Waals surface area (Å²) in [6.07, 6.45) is 4.35. The highest BCUT2D eigenvalue weighted by Crippen LogP contribution is 2.25. The maximum atomic E-state index is 9.19. The molecule has 0 bridgehead atoms. The maximum Gasteiger partial charge on any atom is 0.261 e. The molecule has 0 aliphatic heterocycles. The van der Waals surface area contributed by atoms with Crippen LogP contribution in [0.2, 0.25) is 0 Å². The van der Waals surface area contributed by atoms with Crippen LogP contribution in [0.3, 0.4) is 0 Å². The normalized spacial score (nSPS) is 11.5. The molecule has 10 heteroatoms. The fourth-order valence-corrected chi connectivity index (χ4v) is 2.79. The van der Waals surface area contributed by atoms with E-state index in [0.29, 0.717) is 28.9 Å². The van der Waals surface area contributed by atoms with E-state index in [-0.39, 0.29) is 11.7 Å². The lowest BCUT2D eigenvalue weighted by molar-refractivity contribution is 0.490. The van der Waals surface area contributed by atoms with Gasteiger partial charge in [0.1, 0.15) is 34.4 Å². The number of amidine groups is 2. The maximum absolute atomic E-state index is 9.19. The Balaban J connectivity index is 0.000000491. The molecule has 4 rings (SSSR count). The molecule has 31 heavy (non-hydrogen) atoms. The third-order valence-corrected chi connectivity index (χ3v) is 4.10. The van der Waals surface area contributed by atoms with Crippen LogP contribution in [0.15, 0.2) is 57.4 Å². The summed E-state index contributed by atoms with van der Waals surface area (Å²) in [5.41, 5.74) is 13.8. The molecule has 2 aromatic heterocycles. The van der Waals surface area contributed by atoms with Gasteiger partial charge in [-0.2, -0.15) is 8.42 Å². The molecule has 0 saturated carbocycles. The van der Waals surface area contributed by atoms with Crippen LogP contribution in [-0.4, -0.2) is 30.9 Å². The first kappa shape index (κ1) is 21.8. The Morgan fingerprint density at radius 2 is 1.19 bits per heavy atom. The van der Waals surface area contributed by atoms with E-state index in [1.807, 2.05) is 36.4 Å². The third-order valence-electron chi connectivity index (χ3n) is 4.10. The lowest BCUT2D eigenvalue weighted by Gasteiger charge is -1.95. The number of hydrogen-bond donors (Lipinski definition) is 5. The van der Waals surface area contributed by atoms with Gasteiger partial charge in [-0.05, 0) is 60.7 Å². The van der Waals surface area contributed by atoms with Crippen molar-refractivity contribution in [1.82, 2.24) is 0 Å². The molecule has 0 aliphatic carbocycles. The number of benzene rings is 2. The topological polar surface area (TPSA) is 180 Å². The van der Waals surface area contributed by atoms with Crippen LogP contribution in [0.1, 0.15) is 22.6 Å². The number of nitrogen functional groups attached to an aromatic ring is 2. The Morgan fingerprint density at radius 1 is 0.839 bits per heavy atom. The van der Waals surface area contributed by atoms with Crippen molar-refractivity contribution >= 4 is 55.9 Å². The fourth-order valence-electron chi connectivity index (χ4n) is 2.79. The van der Waals surface area contributed by atoms with Crippen LogP contribution in [-0.2, 0) is 10.1 Å². The monoisotopic (exact) mass is 440 g/mol. The highest BCUT2D eigenvalue weighted by atomic mass is 32.2. The lowest BCUT2D eigenvalue weighted by Crippen LogP contribution is -2.10. The van der Waals surface area contributed by atoms with Crippen LogP contribution in [0.25, 0.3) is 34.1 Å². The summed E-state index contributed by atoms with van der Waals surface area (Å²) >= 11 is 0. The Labute approximate surface area is 177 Å². The molecule has 160 valence electrons. The van der Waals surface area contributed by atoms with Gasteiger partial charge >= 0.3 is 0 Å². The van der Waals surface area contributed by atoms with E-state index in [2.05, 4.69) is 0 Å². The molecule has 4 aromatic rings. The molecule has 0 aliphatic rings. The molecule has 0 fully saturated rings. The lowest BCUT2D eigenvalue weighted by atomic mass is 10.1.